The van der Waals surface area contributed by atoms with Crippen molar-refractivity contribution in [1.82, 2.24) is 9.88 Å². The van der Waals surface area contributed by atoms with Gasteiger partial charge in [0.25, 0.3) is 0 Å². The lowest BCUT2D eigenvalue weighted by atomic mass is 10.1. The summed E-state index contributed by atoms with van der Waals surface area (Å²) < 4.78 is 0. The number of nitrogens with one attached hydrogen (secondary N) is 1. The Morgan fingerprint density at radius 3 is 2.71 bits per heavy atom. The quantitative estimate of drug-likeness (QED) is 0.647. The number of aromatic carboxylic acids is 1. The number of hydrogen-bond acceptors (Lipinski definition) is 5. The SMILES string of the molecule is CCN(CC)CCCC(C)Nc1cc(C(=O)O)c(N)cn1. The molecule has 0 aromatic carbocycles. The fourth-order valence-corrected chi connectivity index (χ4v) is 2.22. The minimum atomic E-state index is -1.04. The number of hydrogen-bond donors (Lipinski definition) is 3. The molecule has 4 N–H and O–H groups in total. The molecule has 1 heterocycles. The Bertz CT molecular complexity index is 461. The van der Waals surface area contributed by atoms with Crippen LogP contribution in [-0.2, 0) is 0 Å². The van der Waals surface area contributed by atoms with E-state index in [1.807, 2.05) is 0 Å². The van der Waals surface area contributed by atoms with E-state index >= 15 is 0 Å². The van der Waals surface area contributed by atoms with Crippen LogP contribution in [0, 0.1) is 0 Å². The smallest absolute Gasteiger partial charge is 0.337 e. The van der Waals surface area contributed by atoms with Crippen LogP contribution in [0.5, 0.6) is 0 Å². The first-order valence-corrected chi connectivity index (χ1v) is 7.45. The summed E-state index contributed by atoms with van der Waals surface area (Å²) in [7, 11) is 0. The highest BCUT2D eigenvalue weighted by molar-refractivity contribution is 5.94. The zero-order valence-corrected chi connectivity index (χ0v) is 13.1. The van der Waals surface area contributed by atoms with Gasteiger partial charge in [0.2, 0.25) is 0 Å². The maximum absolute atomic E-state index is 11.0. The molecule has 1 atom stereocenters. The molecule has 1 rings (SSSR count). The number of aromatic nitrogens is 1. The minimum absolute atomic E-state index is 0.0860. The number of rotatable bonds is 9. The van der Waals surface area contributed by atoms with Gasteiger partial charge in [0.1, 0.15) is 5.82 Å². The molecule has 0 aliphatic rings. The summed E-state index contributed by atoms with van der Waals surface area (Å²) in [6.07, 6.45) is 3.48. The van der Waals surface area contributed by atoms with E-state index in [9.17, 15) is 4.79 Å². The number of carboxylic acids is 1. The van der Waals surface area contributed by atoms with E-state index in [1.165, 1.54) is 12.3 Å². The number of pyridine rings is 1. The van der Waals surface area contributed by atoms with Crippen molar-refractivity contribution in [1.29, 1.82) is 0 Å². The summed E-state index contributed by atoms with van der Waals surface area (Å²) in [5.41, 5.74) is 5.86. The Kier molecular flexibility index (Phi) is 6.94. The summed E-state index contributed by atoms with van der Waals surface area (Å²) in [5, 5.41) is 12.3. The number of nitrogens with zero attached hydrogens (tertiary/aromatic N) is 2. The van der Waals surface area contributed by atoms with Crippen LogP contribution in [0.2, 0.25) is 0 Å². The van der Waals surface area contributed by atoms with Crippen LogP contribution >= 0.6 is 0 Å². The van der Waals surface area contributed by atoms with Gasteiger partial charge >= 0.3 is 5.97 Å². The number of carboxylic acid groups (broad SMARTS) is 1. The molecular weight excluding hydrogens is 268 g/mol. The van der Waals surface area contributed by atoms with E-state index in [0.717, 1.165) is 32.5 Å². The van der Waals surface area contributed by atoms with E-state index in [-0.39, 0.29) is 17.3 Å². The summed E-state index contributed by atoms with van der Waals surface area (Å²) in [4.78, 5) is 17.5. The Labute approximate surface area is 126 Å². The first-order chi connectivity index (χ1) is 9.97. The monoisotopic (exact) mass is 294 g/mol. The third-order valence-corrected chi connectivity index (χ3v) is 3.57. The second-order valence-electron chi connectivity index (χ2n) is 5.18. The van der Waals surface area contributed by atoms with Gasteiger partial charge in [-0.2, -0.15) is 0 Å². The fourth-order valence-electron chi connectivity index (χ4n) is 2.22. The third kappa shape index (κ3) is 5.59. The maximum atomic E-state index is 11.0. The maximum Gasteiger partial charge on any atom is 0.337 e. The number of anilines is 2. The van der Waals surface area contributed by atoms with Crippen LogP contribution in [0.1, 0.15) is 44.0 Å². The van der Waals surface area contributed by atoms with Crippen LogP contribution in [-0.4, -0.2) is 46.6 Å². The van der Waals surface area contributed by atoms with Crippen molar-refractivity contribution in [2.45, 2.75) is 39.7 Å². The van der Waals surface area contributed by atoms with Gasteiger partial charge in [-0.3, -0.25) is 0 Å². The molecule has 0 fully saturated rings. The summed E-state index contributed by atoms with van der Waals surface area (Å²) in [5.74, 6) is -0.482. The van der Waals surface area contributed by atoms with Gasteiger partial charge in [0.05, 0.1) is 17.4 Å². The van der Waals surface area contributed by atoms with Crippen molar-refractivity contribution < 1.29 is 9.90 Å². The molecule has 0 saturated heterocycles. The topological polar surface area (TPSA) is 91.5 Å². The predicted octanol–water partition coefficient (Wildman–Crippen LogP) is 2.28. The van der Waals surface area contributed by atoms with Crippen LogP contribution in [0.15, 0.2) is 12.3 Å². The molecule has 6 heteroatoms. The Balaban J connectivity index is 2.49. The van der Waals surface area contributed by atoms with Crippen LogP contribution in [0.3, 0.4) is 0 Å². The Hall–Kier alpha value is -1.82. The van der Waals surface area contributed by atoms with Gasteiger partial charge in [-0.15, -0.1) is 0 Å². The van der Waals surface area contributed by atoms with Crippen molar-refractivity contribution in [2.75, 3.05) is 30.7 Å². The zero-order valence-electron chi connectivity index (χ0n) is 13.1. The van der Waals surface area contributed by atoms with Crippen molar-refractivity contribution in [3.8, 4) is 0 Å². The predicted molar refractivity (Wildman–Crippen MR) is 85.7 cm³/mol. The molecule has 118 valence electrons. The van der Waals surface area contributed by atoms with Gasteiger partial charge in [-0.05, 0) is 45.5 Å². The van der Waals surface area contributed by atoms with Crippen molar-refractivity contribution in [2.24, 2.45) is 0 Å². The van der Waals surface area contributed by atoms with Crippen molar-refractivity contribution >= 4 is 17.5 Å². The molecule has 0 radical (unpaired) electrons. The van der Waals surface area contributed by atoms with E-state index < -0.39 is 5.97 Å². The molecule has 0 bridgehead atoms. The molecule has 1 aromatic rings. The molecule has 0 spiro atoms. The third-order valence-electron chi connectivity index (χ3n) is 3.57. The van der Waals surface area contributed by atoms with E-state index in [2.05, 4.69) is 36.0 Å². The second-order valence-corrected chi connectivity index (χ2v) is 5.18. The van der Waals surface area contributed by atoms with Crippen LogP contribution in [0.25, 0.3) is 0 Å². The average molecular weight is 294 g/mol. The summed E-state index contributed by atoms with van der Waals surface area (Å²) >= 11 is 0. The molecule has 0 aliphatic carbocycles. The minimum Gasteiger partial charge on any atom is -0.478 e. The highest BCUT2D eigenvalue weighted by Gasteiger charge is 2.11. The van der Waals surface area contributed by atoms with Gasteiger partial charge in [-0.25, -0.2) is 9.78 Å². The molecule has 6 nitrogen and oxygen atoms in total. The molecular formula is C15H26N4O2. The van der Waals surface area contributed by atoms with Gasteiger partial charge in [-0.1, -0.05) is 13.8 Å². The standard InChI is InChI=1S/C15H26N4O2/c1-4-19(5-2)8-6-7-11(3)18-14-9-12(15(20)21)13(16)10-17-14/h9-11H,4-8,16H2,1-3H3,(H,17,18)(H,20,21). The summed E-state index contributed by atoms with van der Waals surface area (Å²) in [6, 6.07) is 1.72. The molecule has 1 aromatic heterocycles. The fraction of sp³-hybridized carbons (Fsp3) is 0.600. The van der Waals surface area contributed by atoms with Gasteiger partial charge in [0, 0.05) is 6.04 Å². The highest BCUT2D eigenvalue weighted by Crippen LogP contribution is 2.16. The number of nitrogens with two attached hydrogens (primary N) is 1. The lowest BCUT2D eigenvalue weighted by Gasteiger charge is -2.20. The summed E-state index contributed by atoms with van der Waals surface area (Å²) in [6.45, 7) is 9.61. The van der Waals surface area contributed by atoms with E-state index in [4.69, 9.17) is 10.8 Å². The molecule has 0 aliphatic heterocycles. The Morgan fingerprint density at radius 2 is 2.14 bits per heavy atom. The first-order valence-electron chi connectivity index (χ1n) is 7.45. The largest absolute Gasteiger partial charge is 0.478 e. The lowest BCUT2D eigenvalue weighted by Crippen LogP contribution is -2.25. The molecule has 0 saturated carbocycles. The van der Waals surface area contributed by atoms with Crippen molar-refractivity contribution in [3.05, 3.63) is 17.8 Å². The van der Waals surface area contributed by atoms with Gasteiger partial charge in [0.15, 0.2) is 0 Å². The highest BCUT2D eigenvalue weighted by atomic mass is 16.4. The van der Waals surface area contributed by atoms with E-state index in [0.29, 0.717) is 5.82 Å². The average Bonchev–Trinajstić information content (AvgIpc) is 2.45. The zero-order chi connectivity index (χ0) is 15.8. The second kappa shape index (κ2) is 8.46. The normalized spacial score (nSPS) is 12.4. The number of nitrogen functional groups attached to an aromatic ring is 1. The van der Waals surface area contributed by atoms with Crippen molar-refractivity contribution in [3.63, 3.8) is 0 Å². The first kappa shape index (κ1) is 17.2. The number of carbonyl (C=O) groups is 1. The Morgan fingerprint density at radius 1 is 1.48 bits per heavy atom. The lowest BCUT2D eigenvalue weighted by molar-refractivity contribution is 0.0698. The van der Waals surface area contributed by atoms with E-state index in [1.54, 1.807) is 0 Å². The van der Waals surface area contributed by atoms with Crippen LogP contribution in [0.4, 0.5) is 11.5 Å². The van der Waals surface area contributed by atoms with Gasteiger partial charge < -0.3 is 21.1 Å². The molecule has 1 unspecified atom stereocenters. The molecule has 0 amide bonds. The van der Waals surface area contributed by atoms with Crippen LogP contribution < -0.4 is 11.1 Å². The molecule has 21 heavy (non-hydrogen) atoms.